The van der Waals surface area contributed by atoms with Crippen LogP contribution in [0.3, 0.4) is 0 Å². The van der Waals surface area contributed by atoms with Gasteiger partial charge in [0.1, 0.15) is 11.6 Å². The molecule has 1 rings (SSSR count). The Morgan fingerprint density at radius 2 is 1.82 bits per heavy atom. The Bertz CT molecular complexity index is 471. The van der Waals surface area contributed by atoms with Crippen molar-refractivity contribution in [3.05, 3.63) is 34.9 Å². The fourth-order valence-electron chi connectivity index (χ4n) is 1.33. The van der Waals surface area contributed by atoms with Crippen LogP contribution >= 0.6 is 0 Å². The second-order valence-corrected chi connectivity index (χ2v) is 3.67. The summed E-state index contributed by atoms with van der Waals surface area (Å²) in [5, 5.41) is 17.3. The van der Waals surface area contributed by atoms with E-state index < -0.39 is 35.1 Å². The fourth-order valence-corrected chi connectivity index (χ4v) is 1.33. The standard InChI is InChI=1S/C11H10F2O4/c1-5(10(14)15)2-6-3-7(11(16)17)9(13)4-8(6)12/h3-5H,2H2,1H3,(H,14,15)(H,16,17). The molecule has 1 atom stereocenters. The number of hydrogen-bond donors (Lipinski definition) is 2. The van der Waals surface area contributed by atoms with Crippen LogP contribution in [0.25, 0.3) is 0 Å². The van der Waals surface area contributed by atoms with Crippen LogP contribution in [0.15, 0.2) is 12.1 Å². The van der Waals surface area contributed by atoms with Crippen LogP contribution in [0.1, 0.15) is 22.8 Å². The molecule has 0 aliphatic carbocycles. The van der Waals surface area contributed by atoms with Gasteiger partial charge in [-0.1, -0.05) is 6.92 Å². The van der Waals surface area contributed by atoms with Crippen molar-refractivity contribution in [3.63, 3.8) is 0 Å². The zero-order valence-corrected chi connectivity index (χ0v) is 8.91. The van der Waals surface area contributed by atoms with Gasteiger partial charge in [0.15, 0.2) is 0 Å². The molecule has 1 unspecified atom stereocenters. The maximum absolute atomic E-state index is 13.3. The van der Waals surface area contributed by atoms with Crippen molar-refractivity contribution in [2.45, 2.75) is 13.3 Å². The summed E-state index contributed by atoms with van der Waals surface area (Å²) in [5.74, 6) is -5.66. The monoisotopic (exact) mass is 244 g/mol. The molecule has 0 aliphatic rings. The van der Waals surface area contributed by atoms with Crippen LogP contribution in [0.2, 0.25) is 0 Å². The lowest BCUT2D eigenvalue weighted by molar-refractivity contribution is -0.141. The van der Waals surface area contributed by atoms with Gasteiger partial charge in [0.25, 0.3) is 0 Å². The molecule has 92 valence electrons. The molecule has 0 heterocycles. The van der Waals surface area contributed by atoms with Crippen LogP contribution in [0, 0.1) is 17.6 Å². The summed E-state index contributed by atoms with van der Waals surface area (Å²) in [6, 6.07) is 1.28. The van der Waals surface area contributed by atoms with E-state index in [4.69, 9.17) is 10.2 Å². The number of rotatable bonds is 4. The summed E-state index contributed by atoms with van der Waals surface area (Å²) in [7, 11) is 0. The number of aromatic carboxylic acids is 1. The van der Waals surface area contributed by atoms with Crippen molar-refractivity contribution in [2.24, 2.45) is 5.92 Å². The minimum absolute atomic E-state index is 0.126. The van der Waals surface area contributed by atoms with Gasteiger partial charge in [0.05, 0.1) is 11.5 Å². The first-order valence-electron chi connectivity index (χ1n) is 4.77. The van der Waals surface area contributed by atoms with E-state index in [1.54, 1.807) is 0 Å². The zero-order chi connectivity index (χ0) is 13.2. The molecule has 0 saturated carbocycles. The quantitative estimate of drug-likeness (QED) is 0.848. The Morgan fingerprint density at radius 3 is 2.29 bits per heavy atom. The maximum atomic E-state index is 13.3. The van der Waals surface area contributed by atoms with Crippen LogP contribution in [-0.2, 0) is 11.2 Å². The molecule has 6 heteroatoms. The average molecular weight is 244 g/mol. The maximum Gasteiger partial charge on any atom is 0.338 e. The summed E-state index contributed by atoms with van der Waals surface area (Å²) in [6.45, 7) is 1.35. The highest BCUT2D eigenvalue weighted by molar-refractivity contribution is 5.88. The summed E-state index contributed by atoms with van der Waals surface area (Å²) in [4.78, 5) is 21.2. The second kappa shape index (κ2) is 4.90. The van der Waals surface area contributed by atoms with Crippen molar-refractivity contribution >= 4 is 11.9 Å². The van der Waals surface area contributed by atoms with Gasteiger partial charge in [-0.3, -0.25) is 4.79 Å². The number of carboxylic acids is 2. The predicted octanol–water partition coefficient (Wildman–Crippen LogP) is 1.93. The van der Waals surface area contributed by atoms with E-state index in [9.17, 15) is 18.4 Å². The molecule has 2 N–H and O–H groups in total. The summed E-state index contributed by atoms with van der Waals surface area (Å²) < 4.78 is 26.3. The second-order valence-electron chi connectivity index (χ2n) is 3.67. The smallest absolute Gasteiger partial charge is 0.338 e. The van der Waals surface area contributed by atoms with E-state index in [1.807, 2.05) is 0 Å². The molecule has 0 bridgehead atoms. The number of carbonyl (C=O) groups is 2. The van der Waals surface area contributed by atoms with Crippen LogP contribution in [0.5, 0.6) is 0 Å². The van der Waals surface area contributed by atoms with E-state index >= 15 is 0 Å². The van der Waals surface area contributed by atoms with Gasteiger partial charge < -0.3 is 10.2 Å². The van der Waals surface area contributed by atoms with Gasteiger partial charge >= 0.3 is 11.9 Å². The zero-order valence-electron chi connectivity index (χ0n) is 8.91. The minimum atomic E-state index is -1.52. The van der Waals surface area contributed by atoms with Crippen LogP contribution < -0.4 is 0 Å². The van der Waals surface area contributed by atoms with Gasteiger partial charge in [-0.2, -0.15) is 0 Å². The SMILES string of the molecule is CC(Cc1cc(C(=O)O)c(F)cc1F)C(=O)O. The number of hydrogen-bond acceptors (Lipinski definition) is 2. The molecule has 0 aliphatic heterocycles. The van der Waals surface area contributed by atoms with Gasteiger partial charge in [0, 0.05) is 6.07 Å². The molecule has 0 spiro atoms. The third kappa shape index (κ3) is 2.99. The number of halogens is 2. The fraction of sp³-hybridized carbons (Fsp3) is 0.273. The van der Waals surface area contributed by atoms with Gasteiger partial charge in [-0.25, -0.2) is 13.6 Å². The van der Waals surface area contributed by atoms with Gasteiger partial charge in [-0.15, -0.1) is 0 Å². The highest BCUT2D eigenvalue weighted by Crippen LogP contribution is 2.18. The van der Waals surface area contributed by atoms with E-state index in [-0.39, 0.29) is 12.0 Å². The number of aliphatic carboxylic acids is 1. The molecule has 0 fully saturated rings. The summed E-state index contributed by atoms with van der Waals surface area (Å²) >= 11 is 0. The predicted molar refractivity (Wildman–Crippen MR) is 53.8 cm³/mol. The third-order valence-electron chi connectivity index (χ3n) is 2.31. The van der Waals surface area contributed by atoms with Crippen LogP contribution in [-0.4, -0.2) is 22.2 Å². The molecule has 17 heavy (non-hydrogen) atoms. The highest BCUT2D eigenvalue weighted by atomic mass is 19.1. The van der Waals surface area contributed by atoms with E-state index in [2.05, 4.69) is 0 Å². The van der Waals surface area contributed by atoms with E-state index in [1.165, 1.54) is 6.92 Å². The van der Waals surface area contributed by atoms with Crippen molar-refractivity contribution in [3.8, 4) is 0 Å². The lowest BCUT2D eigenvalue weighted by Crippen LogP contribution is -2.14. The van der Waals surface area contributed by atoms with Crippen LogP contribution in [0.4, 0.5) is 8.78 Å². The molecule has 4 nitrogen and oxygen atoms in total. The van der Waals surface area contributed by atoms with Crippen molar-refractivity contribution < 1.29 is 28.6 Å². The highest BCUT2D eigenvalue weighted by Gasteiger charge is 2.19. The molecular formula is C11H10F2O4. The first-order valence-corrected chi connectivity index (χ1v) is 4.77. The van der Waals surface area contributed by atoms with Crippen molar-refractivity contribution in [2.75, 3.05) is 0 Å². The summed E-state index contributed by atoms with van der Waals surface area (Å²) in [5.41, 5.74) is -0.794. The largest absolute Gasteiger partial charge is 0.481 e. The summed E-state index contributed by atoms with van der Waals surface area (Å²) in [6.07, 6.45) is -0.193. The third-order valence-corrected chi connectivity index (χ3v) is 2.31. The normalized spacial score (nSPS) is 12.2. The van der Waals surface area contributed by atoms with Gasteiger partial charge in [-0.05, 0) is 18.1 Å². The molecule has 0 saturated heterocycles. The van der Waals surface area contributed by atoms with Crippen molar-refractivity contribution in [1.82, 2.24) is 0 Å². The van der Waals surface area contributed by atoms with E-state index in [0.717, 1.165) is 6.07 Å². The van der Waals surface area contributed by atoms with Gasteiger partial charge in [0.2, 0.25) is 0 Å². The number of carboxylic acid groups (broad SMARTS) is 2. The molecule has 0 radical (unpaired) electrons. The first-order chi connectivity index (χ1) is 7.82. The molecule has 0 aromatic heterocycles. The molecule has 1 aromatic rings. The topological polar surface area (TPSA) is 74.6 Å². The Kier molecular flexibility index (Phi) is 3.77. The molecular weight excluding hydrogens is 234 g/mol. The molecule has 1 aromatic carbocycles. The lowest BCUT2D eigenvalue weighted by Gasteiger charge is -2.08. The number of benzene rings is 1. The Balaban J connectivity index is 3.12. The molecule has 0 amide bonds. The minimum Gasteiger partial charge on any atom is -0.481 e. The Morgan fingerprint density at radius 1 is 1.24 bits per heavy atom. The van der Waals surface area contributed by atoms with E-state index in [0.29, 0.717) is 6.07 Å². The Hall–Kier alpha value is -1.98. The lowest BCUT2D eigenvalue weighted by atomic mass is 9.99. The first kappa shape index (κ1) is 13.1. The van der Waals surface area contributed by atoms with Crippen molar-refractivity contribution in [1.29, 1.82) is 0 Å². The Labute approximate surface area is 95.5 Å². The average Bonchev–Trinajstić information content (AvgIpc) is 2.21.